The highest BCUT2D eigenvalue weighted by atomic mass is 16.6. The van der Waals surface area contributed by atoms with E-state index in [0.29, 0.717) is 249 Å². The first-order valence-electron chi connectivity index (χ1n) is 30.4. The molecule has 0 unspecified atom stereocenters. The van der Waals surface area contributed by atoms with Gasteiger partial charge in [0.1, 0.15) is 12.6 Å². The quantitative estimate of drug-likeness (QED) is 0.0327. The van der Waals surface area contributed by atoms with Gasteiger partial charge in [-0.15, -0.1) is 0 Å². The van der Waals surface area contributed by atoms with E-state index in [1.54, 1.807) is 52.7 Å². The predicted octanol–water partition coefficient (Wildman–Crippen LogP) is 6.67. The first kappa shape index (κ1) is 77.9. The molecule has 0 aromatic heterocycles. The van der Waals surface area contributed by atoms with E-state index in [2.05, 4.69) is 24.3 Å². The van der Waals surface area contributed by atoms with Gasteiger partial charge in [0.15, 0.2) is 0 Å². The van der Waals surface area contributed by atoms with Gasteiger partial charge >= 0.3 is 0 Å². The molecular weight excluding hydrogens is 1140 g/mol. The van der Waals surface area contributed by atoms with Crippen LogP contribution in [0.4, 0.5) is 0 Å². The Balaban J connectivity index is 1.97. The largest absolute Gasteiger partial charge is 0.382 e. The van der Waals surface area contributed by atoms with Crippen LogP contribution in [0.5, 0.6) is 0 Å². The lowest BCUT2D eigenvalue weighted by Crippen LogP contribution is -2.22. The number of aldehydes is 2. The first-order chi connectivity index (χ1) is 43.6. The standard InChI is InChI=1S/C66H102O22/c1-69-17-21-73-25-29-77-33-37-81-41-45-85-53-63(54-86-46-42-82-38-34-78-30-26-74-22-18-70-2)65-49-62(16-14-58-7-11-60(52-68)12-8-58)66(50-61(65)15-13-57-5-9-59(51-67)10-6-57)64(55-87-47-43-83-39-35-79-31-27-75-23-19-71-3)56-88-48-44-84-40-36-80-32-28-76-24-20-72-4/h5-16,49-52,63-64H,17-48,53-56H2,1-4H3/b15-13+,16-14+. The van der Waals surface area contributed by atoms with Gasteiger partial charge < -0.3 is 94.7 Å². The molecule has 88 heavy (non-hydrogen) atoms. The van der Waals surface area contributed by atoms with Crippen LogP contribution in [0.2, 0.25) is 0 Å². The minimum Gasteiger partial charge on any atom is -0.382 e. The van der Waals surface area contributed by atoms with Crippen molar-refractivity contribution >= 4 is 36.9 Å². The summed E-state index contributed by atoms with van der Waals surface area (Å²) in [6.45, 7) is 15.1. The Labute approximate surface area is 522 Å². The number of hydrogen-bond donors (Lipinski definition) is 0. The summed E-state index contributed by atoms with van der Waals surface area (Å²) in [4.78, 5) is 23.3. The molecule has 3 aromatic rings. The van der Waals surface area contributed by atoms with E-state index in [1.807, 2.05) is 36.4 Å². The molecule has 0 heterocycles. The Morgan fingerprint density at radius 3 is 0.625 bits per heavy atom. The SMILES string of the molecule is COCCOCCOCCOCCOCC(COCCOCCOCCOCCOC)c1cc(/C=C/c2ccc(C=O)cc2)c(C(COCCOCCOCCOCCOC)COCCOCCOCCOCCOC)cc1/C=C/c1ccc(C=O)cc1. The van der Waals surface area contributed by atoms with E-state index in [0.717, 1.165) is 46.0 Å². The van der Waals surface area contributed by atoms with Gasteiger partial charge in [0.2, 0.25) is 0 Å². The minimum absolute atomic E-state index is 0.285. The fraction of sp³-hybridized carbons (Fsp3) is 0.636. The van der Waals surface area contributed by atoms with Gasteiger partial charge in [-0.25, -0.2) is 0 Å². The Kier molecular flexibility index (Phi) is 51.2. The summed E-state index contributed by atoms with van der Waals surface area (Å²) >= 11 is 0. The van der Waals surface area contributed by atoms with Gasteiger partial charge in [0.05, 0.1) is 238 Å². The van der Waals surface area contributed by atoms with E-state index in [-0.39, 0.29) is 11.8 Å². The van der Waals surface area contributed by atoms with Crippen LogP contribution in [0.15, 0.2) is 60.7 Å². The molecule has 0 N–H and O–H groups in total. The van der Waals surface area contributed by atoms with E-state index in [9.17, 15) is 9.59 Å². The maximum Gasteiger partial charge on any atom is 0.150 e. The summed E-state index contributed by atoms with van der Waals surface area (Å²) in [7, 11) is 6.55. The van der Waals surface area contributed by atoms with Crippen LogP contribution in [-0.2, 0) is 94.7 Å². The normalized spacial score (nSPS) is 11.9. The van der Waals surface area contributed by atoms with E-state index < -0.39 is 0 Å². The zero-order chi connectivity index (χ0) is 62.7. The zero-order valence-electron chi connectivity index (χ0n) is 52.8. The van der Waals surface area contributed by atoms with Crippen molar-refractivity contribution in [1.29, 1.82) is 0 Å². The lowest BCUT2D eigenvalue weighted by molar-refractivity contribution is -0.0182. The highest BCUT2D eigenvalue weighted by molar-refractivity contribution is 5.80. The van der Waals surface area contributed by atoms with Gasteiger partial charge in [0.25, 0.3) is 0 Å². The van der Waals surface area contributed by atoms with Crippen molar-refractivity contribution in [3.8, 4) is 0 Å². The molecule has 0 aliphatic carbocycles. The van der Waals surface area contributed by atoms with Crippen LogP contribution in [0.25, 0.3) is 24.3 Å². The molecule has 0 atom stereocenters. The van der Waals surface area contributed by atoms with Crippen LogP contribution in [-0.4, -0.2) is 279 Å². The third-order valence-corrected chi connectivity index (χ3v) is 12.7. The van der Waals surface area contributed by atoms with Crippen LogP contribution in [0.3, 0.4) is 0 Å². The summed E-state index contributed by atoms with van der Waals surface area (Å²) in [5, 5.41) is 0. The molecule has 0 spiro atoms. The zero-order valence-corrected chi connectivity index (χ0v) is 52.8. The smallest absolute Gasteiger partial charge is 0.150 e. The molecule has 0 saturated carbocycles. The molecular formula is C66H102O22. The summed E-state index contributed by atoms with van der Waals surface area (Å²) in [6.07, 6.45) is 9.85. The van der Waals surface area contributed by atoms with Gasteiger partial charge in [-0.3, -0.25) is 9.59 Å². The minimum atomic E-state index is -0.285. The summed E-state index contributed by atoms with van der Waals surface area (Å²) in [5.41, 5.74) is 6.67. The van der Waals surface area contributed by atoms with E-state index in [1.165, 1.54) is 0 Å². The van der Waals surface area contributed by atoms with Gasteiger partial charge in [0, 0.05) is 51.4 Å². The van der Waals surface area contributed by atoms with Crippen LogP contribution >= 0.6 is 0 Å². The van der Waals surface area contributed by atoms with Gasteiger partial charge in [-0.2, -0.15) is 0 Å². The lowest BCUT2D eigenvalue weighted by atomic mass is 9.85. The maximum atomic E-state index is 11.7. The third-order valence-electron chi connectivity index (χ3n) is 12.7. The Morgan fingerprint density at radius 1 is 0.250 bits per heavy atom. The number of ether oxygens (including phenoxy) is 20. The molecule has 0 radical (unpaired) electrons. The second-order valence-corrected chi connectivity index (χ2v) is 19.4. The molecule has 0 aliphatic heterocycles. The fourth-order valence-electron chi connectivity index (χ4n) is 7.97. The monoisotopic (exact) mass is 1250 g/mol. The maximum absolute atomic E-state index is 11.7. The molecule has 22 heteroatoms. The van der Waals surface area contributed by atoms with E-state index in [4.69, 9.17) is 94.7 Å². The highest BCUT2D eigenvalue weighted by Crippen LogP contribution is 2.33. The number of rotatable bonds is 64. The average Bonchev–Trinajstić information content (AvgIpc) is 3.26. The first-order valence-corrected chi connectivity index (χ1v) is 30.4. The Bertz CT molecular complexity index is 1920. The molecule has 3 rings (SSSR count). The van der Waals surface area contributed by atoms with Crippen LogP contribution in [0.1, 0.15) is 65.9 Å². The van der Waals surface area contributed by atoms with Crippen molar-refractivity contribution in [2.75, 3.05) is 266 Å². The van der Waals surface area contributed by atoms with Crippen molar-refractivity contribution in [3.05, 3.63) is 105 Å². The summed E-state index contributed by atoms with van der Waals surface area (Å²) < 4.78 is 114. The third kappa shape index (κ3) is 41.1. The topological polar surface area (TPSA) is 219 Å². The number of methoxy groups -OCH3 is 4. The molecule has 0 amide bonds. The van der Waals surface area contributed by atoms with Crippen LogP contribution < -0.4 is 0 Å². The molecule has 22 nitrogen and oxygen atoms in total. The second-order valence-electron chi connectivity index (χ2n) is 19.4. The lowest BCUT2D eigenvalue weighted by Gasteiger charge is -2.25. The van der Waals surface area contributed by atoms with Crippen molar-refractivity contribution in [2.45, 2.75) is 11.8 Å². The summed E-state index contributed by atoms with van der Waals surface area (Å²) in [5.74, 6) is -0.569. The second kappa shape index (κ2) is 57.8. The van der Waals surface area contributed by atoms with Gasteiger partial charge in [-0.05, 0) is 33.4 Å². The molecule has 0 bridgehead atoms. The number of benzene rings is 3. The average molecular weight is 1250 g/mol. The van der Waals surface area contributed by atoms with Crippen molar-refractivity contribution in [2.24, 2.45) is 0 Å². The molecule has 0 saturated heterocycles. The summed E-state index contributed by atoms with van der Waals surface area (Å²) in [6, 6.07) is 19.2. The van der Waals surface area contributed by atoms with Crippen LogP contribution in [0, 0.1) is 0 Å². The van der Waals surface area contributed by atoms with Gasteiger partial charge in [-0.1, -0.05) is 85.0 Å². The van der Waals surface area contributed by atoms with E-state index >= 15 is 0 Å². The molecule has 3 aromatic carbocycles. The number of carbonyl (C=O) groups is 2. The number of carbonyl (C=O) groups excluding carboxylic acids is 2. The van der Waals surface area contributed by atoms with Crippen molar-refractivity contribution in [3.63, 3.8) is 0 Å². The molecule has 0 fully saturated rings. The fourth-order valence-corrected chi connectivity index (χ4v) is 7.97. The Hall–Kier alpha value is -4.32. The molecule has 0 aliphatic rings. The number of hydrogen-bond acceptors (Lipinski definition) is 22. The van der Waals surface area contributed by atoms with Crippen molar-refractivity contribution < 1.29 is 104 Å². The highest BCUT2D eigenvalue weighted by Gasteiger charge is 2.23. The van der Waals surface area contributed by atoms with Crippen molar-refractivity contribution in [1.82, 2.24) is 0 Å². The molecule has 498 valence electrons. The Morgan fingerprint density at radius 2 is 0.432 bits per heavy atom. The predicted molar refractivity (Wildman–Crippen MR) is 334 cm³/mol.